The van der Waals surface area contributed by atoms with Crippen LogP contribution < -0.4 is 0 Å². The van der Waals surface area contributed by atoms with Gasteiger partial charge in [-0.25, -0.2) is 0 Å². The second-order valence-corrected chi connectivity index (χ2v) is 19.5. The molecule has 0 fully saturated rings. The summed E-state index contributed by atoms with van der Waals surface area (Å²) in [6.45, 7) is 8.27. The summed E-state index contributed by atoms with van der Waals surface area (Å²) in [4.78, 5) is 5.34. The Morgan fingerprint density at radius 2 is 1.09 bits per heavy atom. The second-order valence-electron chi connectivity index (χ2n) is 19.5. The fourth-order valence-corrected chi connectivity index (χ4v) is 12.1. The van der Waals surface area contributed by atoms with Crippen molar-refractivity contribution in [3.8, 4) is 22.3 Å². The van der Waals surface area contributed by atoms with E-state index in [9.17, 15) is 0 Å². The molecule has 12 rings (SSSR count). The molecule has 0 spiro atoms. The van der Waals surface area contributed by atoms with Crippen molar-refractivity contribution in [1.82, 2.24) is 28.1 Å². The van der Waals surface area contributed by atoms with Gasteiger partial charge < -0.3 is 18.3 Å². The number of nitrogens with zero attached hydrogens (tertiary/aromatic N) is 6. The van der Waals surface area contributed by atoms with Crippen LogP contribution >= 0.6 is 0 Å². The van der Waals surface area contributed by atoms with Crippen LogP contribution in [0, 0.1) is 13.8 Å². The van der Waals surface area contributed by atoms with E-state index < -0.39 is 0 Å². The number of rotatable bonds is 6. The van der Waals surface area contributed by atoms with E-state index in [4.69, 9.17) is 0 Å². The molecule has 0 saturated carbocycles. The monoisotopic (exact) mass is 850 g/mol. The highest BCUT2D eigenvalue weighted by Crippen LogP contribution is 2.45. The third-order valence-electron chi connectivity index (χ3n) is 15.4. The topological polar surface area (TPSA) is 26.2 Å². The van der Waals surface area contributed by atoms with E-state index in [1.54, 1.807) is 0 Å². The molecule has 6 heterocycles. The van der Waals surface area contributed by atoms with Crippen LogP contribution in [0.3, 0.4) is 0 Å². The molecule has 65 heavy (non-hydrogen) atoms. The van der Waals surface area contributed by atoms with E-state index in [1.807, 2.05) is 0 Å². The molecule has 0 radical (unpaired) electrons. The lowest BCUT2D eigenvalue weighted by Gasteiger charge is -2.36. The molecular weight excluding hydrogens is 793 g/mol. The van der Waals surface area contributed by atoms with Crippen LogP contribution in [-0.4, -0.2) is 54.8 Å². The minimum atomic E-state index is 0.132. The molecule has 2 aliphatic heterocycles. The maximum atomic E-state index is 2.75. The van der Waals surface area contributed by atoms with Gasteiger partial charge in [0.2, 0.25) is 0 Å². The van der Waals surface area contributed by atoms with Crippen LogP contribution in [0.2, 0.25) is 0 Å². The van der Waals surface area contributed by atoms with Crippen molar-refractivity contribution in [1.29, 1.82) is 0 Å². The van der Waals surface area contributed by atoms with Crippen LogP contribution in [-0.2, 0) is 47.6 Å². The minimum Gasteiger partial charge on any atom is -0.351 e. The van der Waals surface area contributed by atoms with E-state index in [0.29, 0.717) is 0 Å². The average Bonchev–Trinajstić information content (AvgIpc) is 4.00. The summed E-state index contributed by atoms with van der Waals surface area (Å²) < 4.78 is 9.44. The summed E-state index contributed by atoms with van der Waals surface area (Å²) in [6, 6.07) is 49.4. The molecule has 2 aliphatic rings. The summed E-state index contributed by atoms with van der Waals surface area (Å²) in [5, 5.41) is 5.37. The number of aromatic nitrogens is 4. The van der Waals surface area contributed by atoms with Gasteiger partial charge in [0.05, 0.1) is 6.04 Å². The molecule has 6 aromatic carbocycles. The SMILES string of the molecule is Cc1ccc2c(c1)c1c(n2C)C(c2ccccc2-c2ccc3c(ccn3C)c2)CN(Cc2ccc(C3c4c(c5cc(C)ccc5n4C)CCN3C)c(-c3ccc4c(ccn4C)c3)c2)CC1. The van der Waals surface area contributed by atoms with Crippen molar-refractivity contribution in [2.24, 2.45) is 28.2 Å². The van der Waals surface area contributed by atoms with E-state index >= 15 is 0 Å². The first-order chi connectivity index (χ1) is 31.6. The number of hydrogen-bond acceptors (Lipinski definition) is 2. The summed E-state index contributed by atoms with van der Waals surface area (Å²) >= 11 is 0. The third kappa shape index (κ3) is 6.44. The van der Waals surface area contributed by atoms with E-state index in [2.05, 4.69) is 217 Å². The Morgan fingerprint density at radius 1 is 0.508 bits per heavy atom. The smallest absolute Gasteiger partial charge is 0.0762 e. The van der Waals surface area contributed by atoms with Gasteiger partial charge in [0.25, 0.3) is 0 Å². The van der Waals surface area contributed by atoms with Crippen LogP contribution in [0.5, 0.6) is 0 Å². The zero-order valence-electron chi connectivity index (χ0n) is 38.9. The number of hydrogen-bond donors (Lipinski definition) is 0. The van der Waals surface area contributed by atoms with Crippen LogP contribution in [0.1, 0.15) is 62.3 Å². The molecule has 0 N–H and O–H groups in total. The van der Waals surface area contributed by atoms with Gasteiger partial charge in [0, 0.05) is 128 Å². The van der Waals surface area contributed by atoms with Crippen molar-refractivity contribution in [2.45, 2.75) is 45.2 Å². The highest BCUT2D eigenvalue weighted by molar-refractivity contribution is 5.91. The van der Waals surface area contributed by atoms with Crippen LogP contribution in [0.4, 0.5) is 0 Å². The molecular formula is C59H58N6. The molecule has 0 amide bonds. The first kappa shape index (κ1) is 40.0. The quantitative estimate of drug-likeness (QED) is 0.167. The van der Waals surface area contributed by atoms with Crippen molar-refractivity contribution >= 4 is 43.6 Å². The zero-order chi connectivity index (χ0) is 44.2. The standard InChI is InChI=1S/C59H58N6/c1-37-12-18-55-50(30-37)47-25-29-65(36-52(57(47)63(55)6)45-11-9-8-10-44(45)40-15-20-53-42(33-40)22-26-60(53)3)35-39-14-17-46(49(32-39)41-16-21-54-43(34-41)23-27-61(54)4)58-59-48(24-28-62(58)5)51-31-38(2)13-19-56(51)64(59)7/h8-23,26-27,30-34,52,58H,24-25,28-29,35-36H2,1-7H3. The fraction of sp³-hybridized carbons (Fsp3) is 0.254. The van der Waals surface area contributed by atoms with Gasteiger partial charge in [-0.2, -0.15) is 0 Å². The first-order valence-corrected chi connectivity index (χ1v) is 23.5. The molecule has 2 atom stereocenters. The maximum Gasteiger partial charge on any atom is 0.0762 e. The van der Waals surface area contributed by atoms with E-state index in [0.717, 1.165) is 39.0 Å². The predicted molar refractivity (Wildman–Crippen MR) is 271 cm³/mol. The second kappa shape index (κ2) is 15.3. The Bertz CT molecular complexity index is 3510. The molecule has 0 aliphatic carbocycles. The molecule has 6 nitrogen and oxygen atoms in total. The third-order valence-corrected chi connectivity index (χ3v) is 15.4. The van der Waals surface area contributed by atoms with Crippen molar-refractivity contribution < 1.29 is 0 Å². The predicted octanol–water partition coefficient (Wildman–Crippen LogP) is 12.4. The normalized spacial score (nSPS) is 17.1. The Kier molecular flexibility index (Phi) is 9.38. The minimum absolute atomic E-state index is 0.132. The van der Waals surface area contributed by atoms with Gasteiger partial charge in [0.15, 0.2) is 0 Å². The van der Waals surface area contributed by atoms with Crippen LogP contribution in [0.25, 0.3) is 65.9 Å². The average molecular weight is 851 g/mol. The molecule has 2 unspecified atom stereocenters. The largest absolute Gasteiger partial charge is 0.351 e. The number of benzene rings is 6. The lowest BCUT2D eigenvalue weighted by atomic mass is 9.86. The van der Waals surface area contributed by atoms with Crippen molar-refractivity contribution in [3.05, 3.63) is 190 Å². The lowest BCUT2D eigenvalue weighted by molar-refractivity contribution is 0.257. The van der Waals surface area contributed by atoms with Crippen molar-refractivity contribution in [3.63, 3.8) is 0 Å². The number of fused-ring (bicyclic) bond motifs is 8. The van der Waals surface area contributed by atoms with Crippen molar-refractivity contribution in [2.75, 3.05) is 26.7 Å². The van der Waals surface area contributed by atoms with E-state index in [-0.39, 0.29) is 12.0 Å². The zero-order valence-corrected chi connectivity index (χ0v) is 38.9. The van der Waals surface area contributed by atoms with E-state index in [1.165, 1.54) is 116 Å². The Morgan fingerprint density at radius 3 is 1.77 bits per heavy atom. The Hall–Kier alpha value is -6.60. The fourth-order valence-electron chi connectivity index (χ4n) is 12.1. The summed E-state index contributed by atoms with van der Waals surface area (Å²) in [6.07, 6.45) is 6.42. The van der Waals surface area contributed by atoms with Gasteiger partial charge in [-0.15, -0.1) is 0 Å². The van der Waals surface area contributed by atoms with Gasteiger partial charge in [-0.05, 0) is 151 Å². The highest BCUT2D eigenvalue weighted by Gasteiger charge is 2.34. The number of likely N-dealkylation sites (N-methyl/N-ethyl adjacent to an activating group) is 1. The first-order valence-electron chi connectivity index (χ1n) is 23.5. The van der Waals surface area contributed by atoms with Crippen LogP contribution in [0.15, 0.2) is 140 Å². The lowest BCUT2D eigenvalue weighted by Crippen LogP contribution is -2.34. The Balaban J connectivity index is 0.984. The molecule has 0 saturated heterocycles. The molecule has 4 aromatic heterocycles. The number of aryl methyl sites for hydroxylation is 6. The molecule has 324 valence electrons. The molecule has 10 aromatic rings. The maximum absolute atomic E-state index is 2.75. The highest BCUT2D eigenvalue weighted by atomic mass is 15.2. The summed E-state index contributed by atoms with van der Waals surface area (Å²) in [7, 11) is 11.2. The van der Waals surface area contributed by atoms with Gasteiger partial charge in [0.1, 0.15) is 0 Å². The van der Waals surface area contributed by atoms with Gasteiger partial charge in [-0.1, -0.05) is 71.8 Å². The van der Waals surface area contributed by atoms with Gasteiger partial charge >= 0.3 is 0 Å². The summed E-state index contributed by atoms with van der Waals surface area (Å²) in [5.74, 6) is 0.177. The van der Waals surface area contributed by atoms with Gasteiger partial charge in [-0.3, -0.25) is 9.80 Å². The Labute approximate surface area is 382 Å². The molecule has 0 bridgehead atoms. The summed E-state index contributed by atoms with van der Waals surface area (Å²) in [5.41, 5.74) is 23.0. The molecule has 6 heteroatoms.